The molecule has 2 atom stereocenters. The molecule has 2 unspecified atom stereocenters. The quantitative estimate of drug-likeness (QED) is 0.683. The van der Waals surface area contributed by atoms with E-state index in [9.17, 15) is 22.8 Å². The van der Waals surface area contributed by atoms with Crippen LogP contribution in [-0.4, -0.2) is 26.1 Å². The summed E-state index contributed by atoms with van der Waals surface area (Å²) >= 11 is 0. The highest BCUT2D eigenvalue weighted by Crippen LogP contribution is 2.48. The highest BCUT2D eigenvalue weighted by molar-refractivity contribution is 5.95. The van der Waals surface area contributed by atoms with Crippen LogP contribution in [0.2, 0.25) is 0 Å². The van der Waals surface area contributed by atoms with Crippen molar-refractivity contribution in [1.82, 2.24) is 20.2 Å². The second kappa shape index (κ2) is 6.38. The van der Waals surface area contributed by atoms with Crippen molar-refractivity contribution in [2.75, 3.05) is 5.32 Å². The van der Waals surface area contributed by atoms with Gasteiger partial charge in [0.2, 0.25) is 5.91 Å². The number of hydrogen-bond donors (Lipinski definition) is 2. The Bertz CT molecular complexity index is 1050. The van der Waals surface area contributed by atoms with Gasteiger partial charge in [-0.25, -0.2) is 23.1 Å². The maximum absolute atomic E-state index is 13.3. The number of anilines is 1. The largest absolute Gasteiger partial charge is 0.365 e. The van der Waals surface area contributed by atoms with Crippen LogP contribution in [0.4, 0.5) is 18.9 Å². The number of benzene rings is 2. The first-order valence-corrected chi connectivity index (χ1v) is 8.00. The normalized spacial score (nSPS) is 18.3. The average Bonchev–Trinajstić information content (AvgIpc) is 3.34. The summed E-state index contributed by atoms with van der Waals surface area (Å²) in [7, 11) is 0. The molecule has 1 aromatic heterocycles. The molecule has 1 saturated carbocycles. The molecule has 2 N–H and O–H groups in total. The average molecular weight is 375 g/mol. The number of carbonyl (C=O) groups excluding carboxylic acids is 1. The van der Waals surface area contributed by atoms with Gasteiger partial charge in [0.1, 0.15) is 0 Å². The Kier molecular flexibility index (Phi) is 4.02. The number of aromatic nitrogens is 4. The van der Waals surface area contributed by atoms with E-state index in [4.69, 9.17) is 0 Å². The van der Waals surface area contributed by atoms with Crippen molar-refractivity contribution in [1.29, 1.82) is 0 Å². The molecule has 0 saturated heterocycles. The third kappa shape index (κ3) is 3.21. The number of aromatic amines is 1. The Morgan fingerprint density at radius 1 is 1.15 bits per heavy atom. The smallest absolute Gasteiger partial charge is 0.326 e. The zero-order valence-electron chi connectivity index (χ0n) is 13.6. The summed E-state index contributed by atoms with van der Waals surface area (Å²) in [6.07, 6.45) is 0.419. The number of nitrogens with zero attached hydrogens (tertiary/aromatic N) is 3. The van der Waals surface area contributed by atoms with E-state index in [1.165, 1.54) is 0 Å². The molecule has 1 aliphatic carbocycles. The van der Waals surface area contributed by atoms with Gasteiger partial charge >= 0.3 is 5.69 Å². The summed E-state index contributed by atoms with van der Waals surface area (Å²) in [5.41, 5.74) is 0.717. The van der Waals surface area contributed by atoms with E-state index < -0.39 is 29.1 Å². The minimum atomic E-state index is -1.52. The van der Waals surface area contributed by atoms with Gasteiger partial charge in [-0.3, -0.25) is 4.79 Å². The van der Waals surface area contributed by atoms with E-state index >= 15 is 0 Å². The summed E-state index contributed by atoms with van der Waals surface area (Å²) < 4.78 is 40.8. The maximum Gasteiger partial charge on any atom is 0.365 e. The molecule has 1 heterocycles. The van der Waals surface area contributed by atoms with Crippen LogP contribution in [0.25, 0.3) is 5.69 Å². The molecule has 1 amide bonds. The fourth-order valence-corrected chi connectivity index (χ4v) is 2.93. The predicted octanol–water partition coefficient (Wildman–Crippen LogP) is 2.12. The number of H-pyrrole nitrogens is 1. The topological polar surface area (TPSA) is 92.7 Å². The molecular formula is C17H12F3N5O2. The molecule has 2 aromatic carbocycles. The van der Waals surface area contributed by atoms with Crippen LogP contribution in [0.3, 0.4) is 0 Å². The second-order valence-electron chi connectivity index (χ2n) is 6.20. The van der Waals surface area contributed by atoms with Crippen molar-refractivity contribution in [3.63, 3.8) is 0 Å². The van der Waals surface area contributed by atoms with E-state index in [0.29, 0.717) is 17.8 Å². The van der Waals surface area contributed by atoms with Crippen molar-refractivity contribution in [2.24, 2.45) is 5.92 Å². The molecule has 10 heteroatoms. The van der Waals surface area contributed by atoms with E-state index in [1.807, 2.05) is 0 Å². The van der Waals surface area contributed by atoms with Gasteiger partial charge in [-0.2, -0.15) is 4.68 Å². The Hall–Kier alpha value is -3.43. The van der Waals surface area contributed by atoms with Crippen LogP contribution in [-0.2, 0) is 4.79 Å². The summed E-state index contributed by atoms with van der Waals surface area (Å²) in [5, 5.41) is 11.9. The second-order valence-corrected chi connectivity index (χ2v) is 6.20. The number of tetrazole rings is 1. The zero-order chi connectivity index (χ0) is 19.1. The molecule has 0 bridgehead atoms. The van der Waals surface area contributed by atoms with Crippen LogP contribution in [0, 0.1) is 23.4 Å². The first-order valence-electron chi connectivity index (χ1n) is 8.00. The molecule has 0 aliphatic heterocycles. The number of carbonyl (C=O) groups is 1. The Labute approximate surface area is 149 Å². The molecular weight excluding hydrogens is 363 g/mol. The molecule has 1 fully saturated rings. The molecule has 4 rings (SSSR count). The molecule has 3 aromatic rings. The highest BCUT2D eigenvalue weighted by atomic mass is 19.2. The van der Waals surface area contributed by atoms with Crippen LogP contribution in [0.5, 0.6) is 0 Å². The Balaban J connectivity index is 1.43. The van der Waals surface area contributed by atoms with Crippen molar-refractivity contribution >= 4 is 11.6 Å². The van der Waals surface area contributed by atoms with E-state index in [-0.39, 0.29) is 17.4 Å². The Morgan fingerprint density at radius 3 is 2.41 bits per heavy atom. The molecule has 27 heavy (non-hydrogen) atoms. The Morgan fingerprint density at radius 2 is 1.81 bits per heavy atom. The third-order valence-electron chi connectivity index (χ3n) is 4.41. The molecule has 0 spiro atoms. The van der Waals surface area contributed by atoms with Gasteiger partial charge in [0, 0.05) is 11.6 Å². The van der Waals surface area contributed by atoms with E-state index in [0.717, 1.165) is 16.8 Å². The van der Waals surface area contributed by atoms with Crippen LogP contribution < -0.4 is 11.0 Å². The number of halogens is 3. The fourth-order valence-electron chi connectivity index (χ4n) is 2.93. The van der Waals surface area contributed by atoms with Crippen molar-refractivity contribution in [3.8, 4) is 5.69 Å². The lowest BCUT2D eigenvalue weighted by molar-refractivity contribution is -0.117. The lowest BCUT2D eigenvalue weighted by Crippen LogP contribution is -2.17. The van der Waals surface area contributed by atoms with Crippen molar-refractivity contribution in [2.45, 2.75) is 12.3 Å². The predicted molar refractivity (Wildman–Crippen MR) is 87.8 cm³/mol. The number of hydrogen-bond acceptors (Lipinski definition) is 4. The summed E-state index contributed by atoms with van der Waals surface area (Å²) in [6, 6.07) is 8.16. The summed E-state index contributed by atoms with van der Waals surface area (Å²) in [5.74, 6) is -5.18. The van der Waals surface area contributed by atoms with Crippen molar-refractivity contribution < 1.29 is 18.0 Å². The molecule has 138 valence electrons. The minimum absolute atomic E-state index is 0.257. The van der Waals surface area contributed by atoms with Gasteiger partial charge in [0.15, 0.2) is 17.5 Å². The van der Waals surface area contributed by atoms with Gasteiger partial charge in [0.25, 0.3) is 0 Å². The monoisotopic (exact) mass is 375 g/mol. The zero-order valence-corrected chi connectivity index (χ0v) is 13.6. The van der Waals surface area contributed by atoms with Crippen LogP contribution >= 0.6 is 0 Å². The first-order chi connectivity index (χ1) is 12.9. The minimum Gasteiger partial charge on any atom is -0.326 e. The number of rotatable bonds is 4. The van der Waals surface area contributed by atoms with Crippen molar-refractivity contribution in [3.05, 3.63) is 69.9 Å². The van der Waals surface area contributed by atoms with Crippen LogP contribution in [0.15, 0.2) is 41.2 Å². The first kappa shape index (κ1) is 17.0. The van der Waals surface area contributed by atoms with E-state index in [2.05, 4.69) is 20.8 Å². The van der Waals surface area contributed by atoms with Gasteiger partial charge in [-0.15, -0.1) is 0 Å². The fraction of sp³-hybridized carbons (Fsp3) is 0.176. The summed E-state index contributed by atoms with van der Waals surface area (Å²) in [6.45, 7) is 0. The highest BCUT2D eigenvalue weighted by Gasteiger charge is 2.44. The lowest BCUT2D eigenvalue weighted by Gasteiger charge is -2.07. The SMILES string of the molecule is O=C(Nc1ccc(-n2nn[nH]c2=O)cc1)C1CC1c1cc(F)c(F)c(F)c1. The van der Waals surface area contributed by atoms with Crippen LogP contribution in [0.1, 0.15) is 17.9 Å². The van der Waals surface area contributed by atoms with Gasteiger partial charge in [-0.1, -0.05) is 0 Å². The third-order valence-corrected chi connectivity index (χ3v) is 4.41. The standard InChI is InChI=1S/C17H12F3N5O2/c18-13-5-8(6-14(19)15(13)20)11-7-12(11)16(26)21-9-1-3-10(4-2-9)25-17(27)22-23-24-25/h1-6,11-12H,7H2,(H,21,26)(H,22,24,27). The molecule has 0 radical (unpaired) electrons. The number of amides is 1. The lowest BCUT2D eigenvalue weighted by atomic mass is 10.1. The number of nitrogens with one attached hydrogen (secondary N) is 2. The summed E-state index contributed by atoms with van der Waals surface area (Å²) in [4.78, 5) is 23.8. The van der Waals surface area contributed by atoms with E-state index in [1.54, 1.807) is 24.3 Å². The maximum atomic E-state index is 13.3. The van der Waals surface area contributed by atoms with Gasteiger partial charge in [0.05, 0.1) is 5.69 Å². The van der Waals surface area contributed by atoms with Gasteiger partial charge in [-0.05, 0) is 64.7 Å². The van der Waals surface area contributed by atoms with Gasteiger partial charge < -0.3 is 5.32 Å². The molecule has 7 nitrogen and oxygen atoms in total. The molecule has 1 aliphatic rings.